The van der Waals surface area contributed by atoms with Gasteiger partial charge in [-0.25, -0.2) is 0 Å². The van der Waals surface area contributed by atoms with Crippen LogP contribution in [0.2, 0.25) is 5.02 Å². The maximum Gasteiger partial charge on any atom is 0.143 e. The molecule has 2 rings (SSSR count). The molecule has 0 amide bonds. The lowest BCUT2D eigenvalue weighted by Crippen LogP contribution is -2.40. The molecule has 1 aliphatic heterocycles. The smallest absolute Gasteiger partial charge is 0.143 e. The normalized spacial score (nSPS) is 20.1. The molecule has 1 atom stereocenters. The van der Waals surface area contributed by atoms with Crippen LogP contribution in [0.3, 0.4) is 0 Å². The Hall–Kier alpha value is -0.890. The second-order valence-electron chi connectivity index (χ2n) is 4.39. The Morgan fingerprint density at radius 3 is 2.87 bits per heavy atom. The molecule has 82 valence electrons. The van der Waals surface area contributed by atoms with Crippen LogP contribution in [0, 0.1) is 5.92 Å². The summed E-state index contributed by atoms with van der Waals surface area (Å²) in [6, 6.07) is 5.77. The molecule has 15 heavy (non-hydrogen) atoms. The van der Waals surface area contributed by atoms with E-state index in [1.54, 1.807) is 0 Å². The molecule has 3 heteroatoms. The third-order valence-corrected chi connectivity index (χ3v) is 3.04. The van der Waals surface area contributed by atoms with Gasteiger partial charge >= 0.3 is 0 Å². The predicted molar refractivity (Wildman–Crippen MR) is 64.0 cm³/mol. The van der Waals surface area contributed by atoms with Gasteiger partial charge in [-0.2, -0.15) is 0 Å². The number of nitrogens with zero attached hydrogens (tertiary/aromatic N) is 1. The zero-order valence-corrected chi connectivity index (χ0v) is 10.1. The Labute approximate surface area is 95.8 Å². The van der Waals surface area contributed by atoms with Crippen LogP contribution in [0.5, 0.6) is 5.75 Å². The molecule has 2 nitrogen and oxygen atoms in total. The number of likely N-dealkylation sites (N-methyl/N-ethyl adjacent to an activating group) is 1. The first-order chi connectivity index (χ1) is 7.08. The molecule has 0 aliphatic carbocycles. The van der Waals surface area contributed by atoms with Crippen LogP contribution in [0.15, 0.2) is 18.2 Å². The van der Waals surface area contributed by atoms with Gasteiger partial charge in [0.15, 0.2) is 0 Å². The highest BCUT2D eigenvalue weighted by atomic mass is 35.5. The van der Waals surface area contributed by atoms with Crippen molar-refractivity contribution in [3.05, 3.63) is 23.2 Å². The highest BCUT2D eigenvalue weighted by Gasteiger charge is 2.25. The first kappa shape index (κ1) is 10.6. The molecule has 0 radical (unpaired) electrons. The number of hydrogen-bond acceptors (Lipinski definition) is 2. The topological polar surface area (TPSA) is 12.5 Å². The lowest BCUT2D eigenvalue weighted by molar-refractivity contribution is 0.148. The molecule has 1 aromatic carbocycles. The van der Waals surface area contributed by atoms with E-state index in [9.17, 15) is 0 Å². The minimum atomic E-state index is 0.267. The molecule has 0 saturated carbocycles. The van der Waals surface area contributed by atoms with E-state index in [4.69, 9.17) is 16.3 Å². The SMILES string of the molecule is CC(C)C1CN(C)c2cc(Cl)ccc2O1. The van der Waals surface area contributed by atoms with Gasteiger partial charge < -0.3 is 9.64 Å². The number of fused-ring (bicyclic) bond motifs is 1. The van der Waals surface area contributed by atoms with Crippen LogP contribution >= 0.6 is 11.6 Å². The number of hydrogen-bond donors (Lipinski definition) is 0. The van der Waals surface area contributed by atoms with E-state index in [1.807, 2.05) is 18.2 Å². The summed E-state index contributed by atoms with van der Waals surface area (Å²) in [5.74, 6) is 1.46. The number of rotatable bonds is 1. The summed E-state index contributed by atoms with van der Waals surface area (Å²) in [5, 5.41) is 0.757. The van der Waals surface area contributed by atoms with Gasteiger partial charge in [0.2, 0.25) is 0 Å². The van der Waals surface area contributed by atoms with Crippen molar-refractivity contribution in [2.75, 3.05) is 18.5 Å². The number of anilines is 1. The maximum atomic E-state index is 5.96. The van der Waals surface area contributed by atoms with E-state index in [0.29, 0.717) is 5.92 Å². The van der Waals surface area contributed by atoms with Crippen LogP contribution in [0.4, 0.5) is 5.69 Å². The predicted octanol–water partition coefficient (Wildman–Crippen LogP) is 3.19. The Balaban J connectivity index is 2.32. The Morgan fingerprint density at radius 2 is 2.20 bits per heavy atom. The van der Waals surface area contributed by atoms with Crippen LogP contribution in [-0.2, 0) is 0 Å². The van der Waals surface area contributed by atoms with E-state index in [2.05, 4.69) is 25.8 Å². The summed E-state index contributed by atoms with van der Waals surface area (Å²) in [6.07, 6.45) is 0.267. The highest BCUT2D eigenvalue weighted by Crippen LogP contribution is 2.35. The third-order valence-electron chi connectivity index (χ3n) is 2.81. The van der Waals surface area contributed by atoms with E-state index in [-0.39, 0.29) is 6.10 Å². The van der Waals surface area contributed by atoms with Crippen molar-refractivity contribution >= 4 is 17.3 Å². The van der Waals surface area contributed by atoms with Gasteiger partial charge in [0.1, 0.15) is 11.9 Å². The summed E-state index contributed by atoms with van der Waals surface area (Å²) in [6.45, 7) is 5.28. The largest absolute Gasteiger partial charge is 0.486 e. The lowest BCUT2D eigenvalue weighted by Gasteiger charge is -2.35. The van der Waals surface area contributed by atoms with E-state index in [1.165, 1.54) is 0 Å². The van der Waals surface area contributed by atoms with Gasteiger partial charge in [0.25, 0.3) is 0 Å². The van der Waals surface area contributed by atoms with Crippen molar-refractivity contribution in [2.45, 2.75) is 20.0 Å². The molecule has 0 fully saturated rings. The zero-order chi connectivity index (χ0) is 11.0. The molecule has 0 spiro atoms. The second-order valence-corrected chi connectivity index (χ2v) is 4.83. The van der Waals surface area contributed by atoms with Gasteiger partial charge in [-0.15, -0.1) is 0 Å². The molecule has 0 N–H and O–H groups in total. The minimum absolute atomic E-state index is 0.267. The van der Waals surface area contributed by atoms with Gasteiger partial charge in [-0.1, -0.05) is 25.4 Å². The Morgan fingerprint density at radius 1 is 1.47 bits per heavy atom. The molecule has 1 unspecified atom stereocenters. The number of benzene rings is 1. The van der Waals surface area contributed by atoms with E-state index >= 15 is 0 Å². The van der Waals surface area contributed by atoms with Crippen LogP contribution in [0.25, 0.3) is 0 Å². The van der Waals surface area contributed by atoms with Crippen LogP contribution in [0.1, 0.15) is 13.8 Å². The fourth-order valence-electron chi connectivity index (χ4n) is 1.80. The van der Waals surface area contributed by atoms with Gasteiger partial charge in [-0.3, -0.25) is 0 Å². The number of halogens is 1. The van der Waals surface area contributed by atoms with Gasteiger partial charge in [0.05, 0.1) is 12.2 Å². The quantitative estimate of drug-likeness (QED) is 0.728. The summed E-state index contributed by atoms with van der Waals surface area (Å²) < 4.78 is 5.92. The van der Waals surface area contributed by atoms with Crippen molar-refractivity contribution in [3.8, 4) is 5.75 Å². The number of ether oxygens (including phenoxy) is 1. The molecule has 0 bridgehead atoms. The van der Waals surface area contributed by atoms with Gasteiger partial charge in [-0.05, 0) is 24.1 Å². The van der Waals surface area contributed by atoms with Crippen LogP contribution < -0.4 is 9.64 Å². The molecule has 0 saturated heterocycles. The van der Waals surface area contributed by atoms with Crippen LogP contribution in [-0.4, -0.2) is 19.7 Å². The molecule has 1 aromatic rings. The second kappa shape index (κ2) is 3.93. The van der Waals surface area contributed by atoms with Crippen molar-refractivity contribution in [3.63, 3.8) is 0 Å². The first-order valence-corrected chi connectivity index (χ1v) is 5.63. The molecule has 1 heterocycles. The van der Waals surface area contributed by atoms with Crippen molar-refractivity contribution < 1.29 is 4.74 Å². The fourth-order valence-corrected chi connectivity index (χ4v) is 1.97. The summed E-state index contributed by atoms with van der Waals surface area (Å²) in [7, 11) is 2.08. The average molecular weight is 226 g/mol. The third kappa shape index (κ3) is 2.05. The first-order valence-electron chi connectivity index (χ1n) is 5.25. The summed E-state index contributed by atoms with van der Waals surface area (Å²) >= 11 is 5.96. The maximum absolute atomic E-state index is 5.96. The standard InChI is InChI=1S/C12H16ClNO/c1-8(2)12-7-14(3)10-6-9(13)4-5-11(10)15-12/h4-6,8,12H,7H2,1-3H3. The summed E-state index contributed by atoms with van der Waals surface area (Å²) in [4.78, 5) is 2.20. The Kier molecular flexibility index (Phi) is 2.79. The van der Waals surface area contributed by atoms with E-state index in [0.717, 1.165) is 23.0 Å². The van der Waals surface area contributed by atoms with Gasteiger partial charge in [0, 0.05) is 12.1 Å². The van der Waals surface area contributed by atoms with E-state index < -0.39 is 0 Å². The summed E-state index contributed by atoms with van der Waals surface area (Å²) in [5.41, 5.74) is 1.08. The monoisotopic (exact) mass is 225 g/mol. The lowest BCUT2D eigenvalue weighted by atomic mass is 10.0. The highest BCUT2D eigenvalue weighted by molar-refractivity contribution is 6.30. The Bertz CT molecular complexity index is 365. The minimum Gasteiger partial charge on any atom is -0.486 e. The van der Waals surface area contributed by atoms with Crippen molar-refractivity contribution in [1.29, 1.82) is 0 Å². The molecule has 1 aliphatic rings. The fraction of sp³-hybridized carbons (Fsp3) is 0.500. The molecular weight excluding hydrogens is 210 g/mol. The molecule has 0 aromatic heterocycles. The van der Waals surface area contributed by atoms with Crippen molar-refractivity contribution in [1.82, 2.24) is 0 Å². The zero-order valence-electron chi connectivity index (χ0n) is 9.33. The molecular formula is C12H16ClNO. The van der Waals surface area contributed by atoms with Crippen molar-refractivity contribution in [2.24, 2.45) is 5.92 Å². The average Bonchev–Trinajstić information content (AvgIpc) is 2.18.